The Morgan fingerprint density at radius 1 is 1.03 bits per heavy atom. The van der Waals surface area contributed by atoms with Crippen LogP contribution in [-0.4, -0.2) is 30.6 Å². The second kappa shape index (κ2) is 8.47. The molecule has 6 rings (SSSR count). The summed E-state index contributed by atoms with van der Waals surface area (Å²) in [5.41, 5.74) is 2.15. The highest BCUT2D eigenvalue weighted by Gasteiger charge is 2.56. The van der Waals surface area contributed by atoms with Gasteiger partial charge in [-0.2, -0.15) is 0 Å². The molecule has 194 valence electrons. The van der Waals surface area contributed by atoms with Crippen molar-refractivity contribution >= 4 is 11.8 Å². The molecule has 4 nitrogen and oxygen atoms in total. The summed E-state index contributed by atoms with van der Waals surface area (Å²) in [7, 11) is 0. The van der Waals surface area contributed by atoms with Crippen LogP contribution in [0.3, 0.4) is 0 Å². The van der Waals surface area contributed by atoms with Gasteiger partial charge in [-0.3, -0.25) is 4.79 Å². The summed E-state index contributed by atoms with van der Waals surface area (Å²) >= 11 is 0. The van der Waals surface area contributed by atoms with Crippen molar-refractivity contribution in [1.82, 2.24) is 0 Å². The minimum Gasteiger partial charge on any atom is -0.451 e. The summed E-state index contributed by atoms with van der Waals surface area (Å²) in [5.74, 6) is -2.35. The van der Waals surface area contributed by atoms with Crippen LogP contribution in [-0.2, 0) is 36.8 Å². The molecule has 2 aliphatic heterocycles. The molecule has 2 spiro atoms. The Hall–Kier alpha value is -2.08. The predicted octanol–water partition coefficient (Wildman–Crippen LogP) is 6.19. The zero-order valence-corrected chi connectivity index (χ0v) is 21.3. The smallest absolute Gasteiger partial charge is 0.335 e. The summed E-state index contributed by atoms with van der Waals surface area (Å²) in [4.78, 5) is 27.0. The van der Waals surface area contributed by atoms with E-state index in [9.17, 15) is 18.4 Å². The molecule has 1 aromatic carbocycles. The topological polar surface area (TPSA) is 52.6 Å². The number of ketones is 1. The quantitative estimate of drug-likeness (QED) is 0.465. The van der Waals surface area contributed by atoms with Crippen molar-refractivity contribution in [3.8, 4) is 0 Å². The zero-order chi connectivity index (χ0) is 25.3. The van der Waals surface area contributed by atoms with Crippen LogP contribution in [0.4, 0.5) is 8.78 Å². The average molecular weight is 499 g/mol. The third-order valence-corrected chi connectivity index (χ3v) is 9.95. The van der Waals surface area contributed by atoms with Crippen LogP contribution < -0.4 is 0 Å². The van der Waals surface area contributed by atoms with E-state index < -0.39 is 11.5 Å². The fraction of sp³-hybridized carbons (Fsp3) is 0.667. The van der Waals surface area contributed by atoms with Crippen molar-refractivity contribution in [2.75, 3.05) is 13.2 Å². The van der Waals surface area contributed by atoms with Crippen molar-refractivity contribution in [1.29, 1.82) is 0 Å². The van der Waals surface area contributed by atoms with Gasteiger partial charge in [-0.25, -0.2) is 13.6 Å². The van der Waals surface area contributed by atoms with E-state index in [1.165, 1.54) is 0 Å². The lowest BCUT2D eigenvalue weighted by molar-refractivity contribution is -0.151. The molecule has 1 atom stereocenters. The fourth-order valence-electron chi connectivity index (χ4n) is 7.76. The molecular formula is C30H36F2O4. The lowest BCUT2D eigenvalue weighted by Gasteiger charge is -2.42. The van der Waals surface area contributed by atoms with Gasteiger partial charge in [0, 0.05) is 42.8 Å². The SMILES string of the molecule is CC1=C(C(=O)C2Cc3cc(C(C)(F)F)ccc3C3(CC3)C2)C2(CCC(C3CCOCC3)CC2)OC1=O. The molecule has 3 aliphatic carbocycles. The molecule has 1 saturated heterocycles. The second-order valence-electron chi connectivity index (χ2n) is 12.2. The highest BCUT2D eigenvalue weighted by molar-refractivity contribution is 6.09. The number of Topliss-reactive ketones (excluding diaryl/α,β-unsaturated/α-hetero) is 1. The van der Waals surface area contributed by atoms with Crippen molar-refractivity contribution in [2.24, 2.45) is 17.8 Å². The van der Waals surface area contributed by atoms with Gasteiger partial charge in [0.05, 0.1) is 0 Å². The number of carbonyl (C=O) groups is 2. The average Bonchev–Trinajstić information content (AvgIpc) is 3.58. The van der Waals surface area contributed by atoms with Gasteiger partial charge in [0.2, 0.25) is 0 Å². The van der Waals surface area contributed by atoms with Crippen LogP contribution in [0.5, 0.6) is 0 Å². The summed E-state index contributed by atoms with van der Waals surface area (Å²) < 4.78 is 39.7. The Balaban J connectivity index is 1.26. The summed E-state index contributed by atoms with van der Waals surface area (Å²) in [6.45, 7) is 4.29. The van der Waals surface area contributed by atoms with Crippen molar-refractivity contribution in [3.05, 3.63) is 46.0 Å². The molecule has 2 saturated carbocycles. The largest absolute Gasteiger partial charge is 0.451 e. The lowest BCUT2D eigenvalue weighted by Crippen LogP contribution is -2.43. The third-order valence-electron chi connectivity index (χ3n) is 9.95. The first kappa shape index (κ1) is 24.3. The van der Waals surface area contributed by atoms with Gasteiger partial charge in [0.1, 0.15) is 5.60 Å². The maximum atomic E-state index is 14.2. The Kier molecular flexibility index (Phi) is 5.71. The number of halogens is 2. The van der Waals surface area contributed by atoms with E-state index in [0.29, 0.717) is 42.2 Å². The number of benzene rings is 1. The zero-order valence-electron chi connectivity index (χ0n) is 21.3. The van der Waals surface area contributed by atoms with Gasteiger partial charge in [0.25, 0.3) is 5.92 Å². The molecule has 1 unspecified atom stereocenters. The van der Waals surface area contributed by atoms with Crippen molar-refractivity contribution in [2.45, 2.75) is 95.0 Å². The Labute approximate surface area is 211 Å². The van der Waals surface area contributed by atoms with Gasteiger partial charge in [-0.05, 0) is 106 Å². The molecular weight excluding hydrogens is 462 g/mol. The van der Waals surface area contributed by atoms with Gasteiger partial charge in [0.15, 0.2) is 5.78 Å². The lowest BCUT2D eigenvalue weighted by atomic mass is 9.65. The van der Waals surface area contributed by atoms with Crippen LogP contribution in [0, 0.1) is 17.8 Å². The highest BCUT2D eigenvalue weighted by atomic mass is 19.3. The van der Waals surface area contributed by atoms with Crippen LogP contribution in [0.1, 0.15) is 88.3 Å². The number of ether oxygens (including phenoxy) is 2. The van der Waals surface area contributed by atoms with Gasteiger partial charge >= 0.3 is 5.97 Å². The number of fused-ring (bicyclic) bond motifs is 2. The van der Waals surface area contributed by atoms with Gasteiger partial charge in [-0.15, -0.1) is 0 Å². The molecule has 5 aliphatic rings. The van der Waals surface area contributed by atoms with E-state index in [0.717, 1.165) is 76.2 Å². The van der Waals surface area contributed by atoms with E-state index in [2.05, 4.69) is 0 Å². The number of esters is 1. The van der Waals surface area contributed by atoms with Crippen molar-refractivity contribution in [3.63, 3.8) is 0 Å². The van der Waals surface area contributed by atoms with Gasteiger partial charge < -0.3 is 9.47 Å². The Morgan fingerprint density at radius 3 is 2.33 bits per heavy atom. The molecule has 2 heterocycles. The number of carbonyl (C=O) groups excluding carboxylic acids is 2. The molecule has 3 fully saturated rings. The monoisotopic (exact) mass is 498 g/mol. The van der Waals surface area contributed by atoms with Crippen LogP contribution in [0.25, 0.3) is 0 Å². The number of hydrogen-bond donors (Lipinski definition) is 0. The first-order valence-electron chi connectivity index (χ1n) is 13.7. The molecule has 0 bridgehead atoms. The van der Waals surface area contributed by atoms with Crippen LogP contribution in [0.15, 0.2) is 29.3 Å². The second-order valence-corrected chi connectivity index (χ2v) is 12.2. The minimum absolute atomic E-state index is 0.00262. The predicted molar refractivity (Wildman–Crippen MR) is 131 cm³/mol. The molecule has 1 aromatic rings. The number of hydrogen-bond acceptors (Lipinski definition) is 4. The normalized spacial score (nSPS) is 32.1. The number of alkyl halides is 2. The molecule has 0 aromatic heterocycles. The van der Waals surface area contributed by atoms with Gasteiger partial charge in [-0.1, -0.05) is 12.1 Å². The molecule has 0 amide bonds. The van der Waals surface area contributed by atoms with E-state index in [1.54, 1.807) is 19.1 Å². The van der Waals surface area contributed by atoms with E-state index in [1.807, 2.05) is 6.07 Å². The molecule has 0 N–H and O–H groups in total. The van der Waals surface area contributed by atoms with Crippen LogP contribution in [0.2, 0.25) is 0 Å². The van der Waals surface area contributed by atoms with E-state index >= 15 is 0 Å². The molecule has 6 heteroatoms. The molecule has 36 heavy (non-hydrogen) atoms. The van der Waals surface area contributed by atoms with E-state index in [-0.39, 0.29) is 28.6 Å². The fourth-order valence-corrected chi connectivity index (χ4v) is 7.76. The highest BCUT2D eigenvalue weighted by Crippen LogP contribution is 2.58. The standard InChI is InChI=1S/C30H36F2O4/c1-18-25(30(36-27(18)34)9-5-19(6-10-30)20-7-13-35-14-8-20)26(33)22-15-21-16-23(28(2,31)32)3-4-24(21)29(17-22)11-12-29/h3-4,16,19-20,22H,5-15,17H2,1-2H3. The number of rotatable bonds is 4. The minimum atomic E-state index is -2.92. The first-order chi connectivity index (χ1) is 17.1. The van der Waals surface area contributed by atoms with Crippen LogP contribution >= 0.6 is 0 Å². The summed E-state index contributed by atoms with van der Waals surface area (Å²) in [6, 6.07) is 5.02. The third kappa shape index (κ3) is 3.95. The maximum Gasteiger partial charge on any atom is 0.335 e. The summed E-state index contributed by atoms with van der Waals surface area (Å²) in [5, 5.41) is 0. The Morgan fingerprint density at radius 2 is 1.69 bits per heavy atom. The van der Waals surface area contributed by atoms with E-state index in [4.69, 9.17) is 9.47 Å². The summed E-state index contributed by atoms with van der Waals surface area (Å²) in [6.07, 6.45) is 8.61. The first-order valence-corrected chi connectivity index (χ1v) is 13.7. The van der Waals surface area contributed by atoms with Crippen molar-refractivity contribution < 1.29 is 27.8 Å². The maximum absolute atomic E-state index is 14.2. The Bertz CT molecular complexity index is 1110. The molecule has 0 radical (unpaired) electrons.